The maximum Gasteiger partial charge on any atom is -1.00 e. The van der Waals surface area contributed by atoms with Gasteiger partial charge in [0.1, 0.15) is 0 Å². The first kappa shape index (κ1) is 32.9. The summed E-state index contributed by atoms with van der Waals surface area (Å²) in [5, 5.41) is 5.49. The van der Waals surface area contributed by atoms with Crippen molar-refractivity contribution in [2.75, 3.05) is 0 Å². The van der Waals surface area contributed by atoms with Crippen LogP contribution < -0.4 is 24.8 Å². The second kappa shape index (κ2) is 13.2. The summed E-state index contributed by atoms with van der Waals surface area (Å²) in [5.41, 5.74) is 14.8. The van der Waals surface area contributed by atoms with E-state index in [0.717, 1.165) is 0 Å². The molecule has 0 bridgehead atoms. The third kappa shape index (κ3) is 5.52. The molecular weight excluding hydrogens is 782 g/mol. The quantitative estimate of drug-likeness (QED) is 0.213. The van der Waals surface area contributed by atoms with E-state index in [1.807, 2.05) is 0 Å². The predicted octanol–water partition coefficient (Wildman–Crippen LogP) is 5.11. The van der Waals surface area contributed by atoms with Gasteiger partial charge in [-0.25, -0.2) is 0 Å². The molecule has 0 amide bonds. The summed E-state index contributed by atoms with van der Waals surface area (Å²) >= 11 is -2.61. The molecule has 0 N–H and O–H groups in total. The average Bonchev–Trinajstić information content (AvgIpc) is 3.60. The summed E-state index contributed by atoms with van der Waals surface area (Å²) in [6, 6.07) is 46.4. The van der Waals surface area contributed by atoms with Crippen LogP contribution in [0.4, 0.5) is 0 Å². The molecule has 2 atom stereocenters. The van der Waals surface area contributed by atoms with Crippen molar-refractivity contribution in [2.45, 2.75) is 34.3 Å². The van der Waals surface area contributed by atoms with Crippen LogP contribution in [0.15, 0.2) is 121 Å². The number of benzene rings is 6. The molecule has 2 aliphatic rings. The summed E-state index contributed by atoms with van der Waals surface area (Å²) in [4.78, 5) is 0. The van der Waals surface area contributed by atoms with Crippen molar-refractivity contribution in [3.8, 4) is 0 Å². The van der Waals surface area contributed by atoms with Gasteiger partial charge in [0, 0.05) is 0 Å². The summed E-state index contributed by atoms with van der Waals surface area (Å²) in [7, 11) is 0. The molecule has 0 aromatic heterocycles. The molecule has 6 aromatic carbocycles. The van der Waals surface area contributed by atoms with Crippen LogP contribution in [0.25, 0.3) is 44.8 Å². The largest absolute Gasteiger partial charge is 1.00 e. The molecule has 0 fully saturated rings. The Kier molecular flexibility index (Phi) is 9.47. The number of hydrogen-bond acceptors (Lipinski definition) is 0. The second-order valence-corrected chi connectivity index (χ2v) is 41.0. The van der Waals surface area contributed by atoms with E-state index in [9.17, 15) is 0 Å². The zero-order valence-electron chi connectivity index (χ0n) is 26.7. The first-order valence-corrected chi connectivity index (χ1v) is 29.2. The van der Waals surface area contributed by atoms with Crippen LogP contribution >= 0.6 is 0 Å². The standard InChI is InChI=1S/2C20H15.C2H7Si.2ClH.Hf/c2*1-14-10-17-8-4-5-9-19(17)20(11-14)18-12-15-6-2-3-7-16(15)13-18;1-3-2;;;/h2*2-13H,1H3;3H,1-2H3;2*1H;/q;;;;;+2/p-2. The molecule has 46 heavy (non-hydrogen) atoms. The number of allylic oxidation sites excluding steroid dienone is 2. The Morgan fingerprint density at radius 2 is 0.891 bits per heavy atom. The minimum Gasteiger partial charge on any atom is -1.00 e. The van der Waals surface area contributed by atoms with E-state index in [4.69, 9.17) is 0 Å². The van der Waals surface area contributed by atoms with Gasteiger partial charge in [0.2, 0.25) is 0 Å². The Morgan fingerprint density at radius 3 is 1.33 bits per heavy atom. The molecule has 0 heterocycles. The molecule has 0 nitrogen and oxygen atoms in total. The Hall–Kier alpha value is -3.01. The monoisotopic (exact) mass is 819 g/mol. The van der Waals surface area contributed by atoms with Crippen LogP contribution in [0.5, 0.6) is 0 Å². The fourth-order valence-corrected chi connectivity index (χ4v) is 39.6. The molecule has 0 aliphatic heterocycles. The van der Waals surface area contributed by atoms with Gasteiger partial charge in [0.05, 0.1) is 0 Å². The zero-order chi connectivity index (χ0) is 29.9. The van der Waals surface area contributed by atoms with Crippen molar-refractivity contribution >= 4 is 50.8 Å². The fourth-order valence-electron chi connectivity index (χ4n) is 8.06. The number of rotatable bonds is 5. The summed E-state index contributed by atoms with van der Waals surface area (Å²) in [5.74, 6) is -1.05. The summed E-state index contributed by atoms with van der Waals surface area (Å²) in [6.45, 7) is 9.90. The van der Waals surface area contributed by atoms with E-state index in [1.165, 1.54) is 54.9 Å². The topological polar surface area (TPSA) is 0 Å². The minimum absolute atomic E-state index is 0. The van der Waals surface area contributed by atoms with E-state index >= 15 is 0 Å². The maximum absolute atomic E-state index is 2.68. The van der Waals surface area contributed by atoms with Gasteiger partial charge in [-0.3, -0.25) is 0 Å². The van der Waals surface area contributed by atoms with Crippen LogP contribution in [0.2, 0.25) is 13.1 Å². The van der Waals surface area contributed by atoms with E-state index in [1.54, 1.807) is 22.3 Å². The Bertz CT molecular complexity index is 2010. The summed E-state index contributed by atoms with van der Waals surface area (Å²) in [6.07, 6.45) is 5.16. The molecular formula is C42H37Cl2HfSi. The number of halogens is 2. The molecule has 0 radical (unpaired) electrons. The smallest absolute Gasteiger partial charge is 1.00 e. The number of aryl methyl sites for hydroxylation is 2. The van der Waals surface area contributed by atoms with E-state index in [-0.39, 0.29) is 24.8 Å². The predicted molar refractivity (Wildman–Crippen MR) is 190 cm³/mol. The first-order valence-electron chi connectivity index (χ1n) is 15.9. The molecule has 4 heteroatoms. The molecule has 0 saturated carbocycles. The van der Waals surface area contributed by atoms with Crippen LogP contribution in [0, 0.1) is 13.8 Å². The average molecular weight is 819 g/mol. The molecule has 6 aromatic rings. The molecule has 0 spiro atoms. The van der Waals surface area contributed by atoms with Crippen molar-refractivity contribution in [1.29, 1.82) is 0 Å². The van der Waals surface area contributed by atoms with Crippen molar-refractivity contribution < 1.29 is 45.4 Å². The minimum atomic E-state index is -2.61. The van der Waals surface area contributed by atoms with E-state index in [0.29, 0.717) is 7.35 Å². The van der Waals surface area contributed by atoms with Gasteiger partial charge in [0.15, 0.2) is 0 Å². The Labute approximate surface area is 294 Å². The van der Waals surface area contributed by atoms with Crippen molar-refractivity contribution in [3.05, 3.63) is 166 Å². The molecule has 2 aliphatic carbocycles. The molecule has 2 unspecified atom stereocenters. The van der Waals surface area contributed by atoms with E-state index in [2.05, 4.69) is 160 Å². The molecule has 227 valence electrons. The van der Waals surface area contributed by atoms with Gasteiger partial charge < -0.3 is 24.8 Å². The van der Waals surface area contributed by atoms with Crippen LogP contribution in [-0.4, -0.2) is 5.98 Å². The van der Waals surface area contributed by atoms with Gasteiger partial charge in [0.25, 0.3) is 0 Å². The van der Waals surface area contributed by atoms with Crippen LogP contribution in [-0.2, 0) is 20.6 Å². The van der Waals surface area contributed by atoms with Gasteiger partial charge in [-0.05, 0) is 0 Å². The molecule has 8 rings (SSSR count). The number of fused-ring (bicyclic) bond motifs is 4. The second-order valence-electron chi connectivity index (χ2n) is 13.0. The van der Waals surface area contributed by atoms with Gasteiger partial charge >= 0.3 is 272 Å². The summed E-state index contributed by atoms with van der Waals surface area (Å²) < 4.78 is 1.09. The maximum atomic E-state index is 2.68. The zero-order valence-corrected chi connectivity index (χ0v) is 32.9. The normalized spacial score (nSPS) is 16.4. The van der Waals surface area contributed by atoms with E-state index < -0.39 is 26.6 Å². The van der Waals surface area contributed by atoms with Crippen LogP contribution in [0.3, 0.4) is 0 Å². The van der Waals surface area contributed by atoms with Crippen molar-refractivity contribution in [1.82, 2.24) is 0 Å². The fraction of sp³-hybridized carbons (Fsp3) is 0.143. The van der Waals surface area contributed by atoms with Crippen molar-refractivity contribution in [2.24, 2.45) is 0 Å². The first-order chi connectivity index (χ1) is 21.5. The molecule has 0 saturated heterocycles. The third-order valence-corrected chi connectivity index (χ3v) is 40.2. The SMILES string of the molecule is Cc1cc(C2=Cc3ccccc3[CH]2[Hf+2]([CH]2C(c3cc(C)cc4ccccc34)=Cc3ccccc32)[SiH](C)C)c2ccccc2c1.[Cl-].[Cl-]. The number of hydrogen-bond donors (Lipinski definition) is 0. The Balaban J connectivity index is 0.00000186. The Morgan fingerprint density at radius 1 is 0.500 bits per heavy atom. The van der Waals surface area contributed by atoms with Crippen LogP contribution in [0.1, 0.15) is 51.9 Å². The van der Waals surface area contributed by atoms with Crippen molar-refractivity contribution in [3.63, 3.8) is 0 Å². The van der Waals surface area contributed by atoms with Gasteiger partial charge in [-0.1, -0.05) is 0 Å². The third-order valence-electron chi connectivity index (χ3n) is 9.83. The van der Waals surface area contributed by atoms with Gasteiger partial charge in [-0.2, -0.15) is 0 Å². The van der Waals surface area contributed by atoms with Gasteiger partial charge in [-0.15, -0.1) is 0 Å².